The van der Waals surface area contributed by atoms with Gasteiger partial charge in [-0.1, -0.05) is 24.6 Å². The van der Waals surface area contributed by atoms with Gasteiger partial charge in [-0.15, -0.1) is 11.3 Å². The Bertz CT molecular complexity index is 780. The van der Waals surface area contributed by atoms with Crippen LogP contribution in [0.15, 0.2) is 30.3 Å². The number of aromatic nitrogens is 2. The average Bonchev–Trinajstić information content (AvgIpc) is 2.89. The summed E-state index contributed by atoms with van der Waals surface area (Å²) in [5, 5.41) is 1.35. The van der Waals surface area contributed by atoms with Crippen LogP contribution in [0.5, 0.6) is 0 Å². The maximum Gasteiger partial charge on any atom is 0.225 e. The summed E-state index contributed by atoms with van der Waals surface area (Å²) in [7, 11) is 2.01. The molecule has 0 saturated carbocycles. The van der Waals surface area contributed by atoms with Crippen molar-refractivity contribution in [1.82, 2.24) is 9.97 Å². The van der Waals surface area contributed by atoms with Crippen molar-refractivity contribution in [1.29, 1.82) is 0 Å². The second-order valence-electron chi connectivity index (χ2n) is 5.00. The fourth-order valence-electron chi connectivity index (χ4n) is 2.25. The van der Waals surface area contributed by atoms with E-state index in [1.165, 1.54) is 10.4 Å². The van der Waals surface area contributed by atoms with E-state index in [1.807, 2.05) is 7.05 Å². The van der Waals surface area contributed by atoms with Crippen molar-refractivity contribution in [3.05, 3.63) is 46.1 Å². The lowest BCUT2D eigenvalue weighted by Gasteiger charge is -2.19. The molecule has 0 atom stereocenters. The molecular weight excluding hydrogens is 302 g/mol. The maximum atomic E-state index is 6.09. The first-order valence-electron chi connectivity index (χ1n) is 6.85. The molecule has 0 radical (unpaired) electrons. The predicted molar refractivity (Wildman–Crippen MR) is 91.0 cm³/mol. The number of nitrogens with zero attached hydrogens (tertiary/aromatic N) is 3. The zero-order valence-corrected chi connectivity index (χ0v) is 13.8. The molecule has 1 aromatic carbocycles. The van der Waals surface area contributed by atoms with Gasteiger partial charge >= 0.3 is 0 Å². The van der Waals surface area contributed by atoms with Gasteiger partial charge in [0.15, 0.2) is 0 Å². The Labute approximate surface area is 133 Å². The minimum absolute atomic E-state index is 0.293. The second kappa shape index (κ2) is 5.62. The monoisotopic (exact) mass is 317 g/mol. The first kappa shape index (κ1) is 14.3. The molecule has 0 fully saturated rings. The van der Waals surface area contributed by atoms with Gasteiger partial charge in [0, 0.05) is 17.6 Å². The van der Waals surface area contributed by atoms with Gasteiger partial charge < -0.3 is 4.90 Å². The van der Waals surface area contributed by atoms with Crippen LogP contribution in [0.2, 0.25) is 5.28 Å². The van der Waals surface area contributed by atoms with E-state index in [-0.39, 0.29) is 0 Å². The van der Waals surface area contributed by atoms with Gasteiger partial charge in [-0.3, -0.25) is 0 Å². The molecule has 21 heavy (non-hydrogen) atoms. The van der Waals surface area contributed by atoms with Gasteiger partial charge in [-0.05, 0) is 43.1 Å². The Morgan fingerprint density at radius 3 is 2.57 bits per heavy atom. The number of hydrogen-bond acceptors (Lipinski definition) is 4. The highest BCUT2D eigenvalue weighted by atomic mass is 35.5. The predicted octanol–water partition coefficient (Wildman–Crippen LogP) is 4.98. The highest BCUT2D eigenvalue weighted by Gasteiger charge is 2.15. The molecule has 3 rings (SSSR count). The van der Waals surface area contributed by atoms with E-state index in [1.54, 1.807) is 11.3 Å². The molecule has 3 nitrogen and oxygen atoms in total. The summed E-state index contributed by atoms with van der Waals surface area (Å²) in [6.45, 7) is 4.22. The Hall–Kier alpha value is -1.65. The van der Waals surface area contributed by atoms with E-state index >= 15 is 0 Å². The fraction of sp³-hybridized carbons (Fsp3) is 0.250. The van der Waals surface area contributed by atoms with Crippen LogP contribution >= 0.6 is 22.9 Å². The van der Waals surface area contributed by atoms with E-state index in [2.05, 4.69) is 59.0 Å². The third-order valence-electron chi connectivity index (χ3n) is 3.48. The molecule has 0 aliphatic rings. The summed E-state index contributed by atoms with van der Waals surface area (Å²) in [6.07, 6.45) is 0.992. The normalized spacial score (nSPS) is 11.0. The van der Waals surface area contributed by atoms with E-state index in [0.29, 0.717) is 5.28 Å². The molecule has 0 spiro atoms. The fourth-order valence-corrected chi connectivity index (χ4v) is 3.43. The minimum atomic E-state index is 0.293. The number of thiophene rings is 1. The molecule has 0 aliphatic carbocycles. The number of hydrogen-bond donors (Lipinski definition) is 0. The molecule has 0 bridgehead atoms. The number of benzene rings is 1. The lowest BCUT2D eigenvalue weighted by molar-refractivity contribution is 1.11. The van der Waals surface area contributed by atoms with Crippen molar-refractivity contribution in [3.63, 3.8) is 0 Å². The Kier molecular flexibility index (Phi) is 3.83. The van der Waals surface area contributed by atoms with Crippen molar-refractivity contribution in [2.45, 2.75) is 20.3 Å². The third kappa shape index (κ3) is 2.74. The lowest BCUT2D eigenvalue weighted by atomic mass is 10.2. The van der Waals surface area contributed by atoms with Crippen LogP contribution in [0.25, 0.3) is 10.2 Å². The van der Waals surface area contributed by atoms with E-state index in [9.17, 15) is 0 Å². The molecule has 5 heteroatoms. The number of fused-ring (bicyclic) bond motifs is 1. The quantitative estimate of drug-likeness (QED) is 0.638. The van der Waals surface area contributed by atoms with Gasteiger partial charge in [0.25, 0.3) is 0 Å². The zero-order valence-electron chi connectivity index (χ0n) is 12.2. The minimum Gasteiger partial charge on any atom is -0.329 e. The van der Waals surface area contributed by atoms with Crippen molar-refractivity contribution in [2.75, 3.05) is 11.9 Å². The van der Waals surface area contributed by atoms with Gasteiger partial charge in [0.05, 0.1) is 5.39 Å². The molecule has 3 aromatic rings. The molecule has 0 N–H and O–H groups in total. The number of rotatable bonds is 3. The van der Waals surface area contributed by atoms with Crippen LogP contribution in [0.4, 0.5) is 11.5 Å². The van der Waals surface area contributed by atoms with Crippen molar-refractivity contribution >= 4 is 44.7 Å². The van der Waals surface area contributed by atoms with Crippen molar-refractivity contribution in [3.8, 4) is 0 Å². The number of halogens is 1. The molecule has 0 amide bonds. The molecule has 2 aromatic heterocycles. The van der Waals surface area contributed by atoms with Gasteiger partial charge in [0.2, 0.25) is 5.28 Å². The summed E-state index contributed by atoms with van der Waals surface area (Å²) in [6, 6.07) is 10.5. The van der Waals surface area contributed by atoms with Crippen LogP contribution in [0.1, 0.15) is 17.4 Å². The summed E-state index contributed by atoms with van der Waals surface area (Å²) < 4.78 is 0. The van der Waals surface area contributed by atoms with Crippen LogP contribution < -0.4 is 4.90 Å². The highest BCUT2D eigenvalue weighted by Crippen LogP contribution is 2.34. The van der Waals surface area contributed by atoms with E-state index in [4.69, 9.17) is 11.6 Å². The molecule has 108 valence electrons. The third-order valence-corrected chi connectivity index (χ3v) is 4.83. The Morgan fingerprint density at radius 2 is 1.90 bits per heavy atom. The number of anilines is 2. The largest absolute Gasteiger partial charge is 0.329 e. The van der Waals surface area contributed by atoms with Gasteiger partial charge in [-0.2, -0.15) is 4.98 Å². The van der Waals surface area contributed by atoms with E-state index in [0.717, 1.165) is 28.1 Å². The maximum absolute atomic E-state index is 6.09. The summed E-state index contributed by atoms with van der Waals surface area (Å²) in [5.41, 5.74) is 2.32. The Balaban J connectivity index is 2.14. The number of aryl methyl sites for hydroxylation is 2. The molecule has 0 unspecified atom stereocenters. The van der Waals surface area contributed by atoms with Crippen LogP contribution in [-0.4, -0.2) is 17.0 Å². The van der Waals surface area contributed by atoms with Gasteiger partial charge in [0.1, 0.15) is 10.6 Å². The summed E-state index contributed by atoms with van der Waals surface area (Å²) >= 11 is 7.77. The van der Waals surface area contributed by atoms with E-state index < -0.39 is 0 Å². The molecule has 0 aliphatic heterocycles. The van der Waals surface area contributed by atoms with Gasteiger partial charge in [-0.25, -0.2) is 4.98 Å². The average molecular weight is 318 g/mol. The topological polar surface area (TPSA) is 29.0 Å². The molecule has 0 saturated heterocycles. The van der Waals surface area contributed by atoms with Crippen molar-refractivity contribution < 1.29 is 0 Å². The van der Waals surface area contributed by atoms with Crippen molar-refractivity contribution in [2.24, 2.45) is 0 Å². The highest BCUT2D eigenvalue weighted by molar-refractivity contribution is 7.18. The van der Waals surface area contributed by atoms with Crippen LogP contribution in [0, 0.1) is 6.92 Å². The summed E-state index contributed by atoms with van der Waals surface area (Å²) in [5.74, 6) is 0.852. The first-order valence-corrected chi connectivity index (χ1v) is 8.04. The summed E-state index contributed by atoms with van der Waals surface area (Å²) in [4.78, 5) is 13.1. The Morgan fingerprint density at radius 1 is 1.19 bits per heavy atom. The zero-order chi connectivity index (χ0) is 15.0. The van der Waals surface area contributed by atoms with Crippen LogP contribution in [-0.2, 0) is 6.42 Å². The van der Waals surface area contributed by atoms with Crippen LogP contribution in [0.3, 0.4) is 0 Å². The first-order chi connectivity index (χ1) is 10.1. The SMILES string of the molecule is CCc1cc2c(N(C)c3ccc(C)cc3)nc(Cl)nc2s1. The molecule has 2 heterocycles. The smallest absolute Gasteiger partial charge is 0.225 e. The lowest BCUT2D eigenvalue weighted by Crippen LogP contribution is -2.11. The second-order valence-corrected chi connectivity index (χ2v) is 6.45. The molecular formula is C16H16ClN3S. The standard InChI is InChI=1S/C16H16ClN3S/c1-4-12-9-13-14(18-16(17)19-15(13)21-12)20(3)11-7-5-10(2)6-8-11/h5-9H,4H2,1-3H3.